The van der Waals surface area contributed by atoms with Crippen LogP contribution < -0.4 is 15.4 Å². The molecular formula is C13H18N4O4. The van der Waals surface area contributed by atoms with E-state index in [0.29, 0.717) is 0 Å². The molecule has 1 fully saturated rings. The Morgan fingerprint density at radius 1 is 1.38 bits per heavy atom. The van der Waals surface area contributed by atoms with Crippen molar-refractivity contribution >= 4 is 17.5 Å². The van der Waals surface area contributed by atoms with Crippen LogP contribution in [0, 0.1) is 10.1 Å². The summed E-state index contributed by atoms with van der Waals surface area (Å²) in [4.78, 5) is 25.7. The van der Waals surface area contributed by atoms with E-state index in [4.69, 9.17) is 5.73 Å². The zero-order chi connectivity index (χ0) is 15.4. The third kappa shape index (κ3) is 3.60. The van der Waals surface area contributed by atoms with E-state index in [0.717, 1.165) is 38.4 Å². The number of nitro groups is 1. The molecule has 0 unspecified atom stereocenters. The van der Waals surface area contributed by atoms with E-state index in [1.54, 1.807) is 6.07 Å². The second kappa shape index (κ2) is 6.40. The lowest BCUT2D eigenvalue weighted by Gasteiger charge is -2.35. The standard InChI is InChI=1S/C13H18N4O4/c1-2-15-5-7-16(8-6-15)10-3-4-12(21-13(14)18)11(9-10)17(19)20/h3-4,9H,2,5-8H2,1H3,(H2,14,18). The maximum absolute atomic E-state index is 11.1. The Morgan fingerprint density at radius 2 is 2.05 bits per heavy atom. The number of hydrogen-bond donors (Lipinski definition) is 1. The molecule has 0 atom stereocenters. The highest BCUT2D eigenvalue weighted by atomic mass is 16.6. The number of nitrogens with two attached hydrogens (primary N) is 1. The van der Waals surface area contributed by atoms with E-state index in [-0.39, 0.29) is 11.4 Å². The first-order valence-corrected chi connectivity index (χ1v) is 6.74. The van der Waals surface area contributed by atoms with Gasteiger partial charge in [0.15, 0.2) is 0 Å². The van der Waals surface area contributed by atoms with Crippen molar-refractivity contribution in [3.05, 3.63) is 28.3 Å². The van der Waals surface area contributed by atoms with Crippen molar-refractivity contribution in [1.82, 2.24) is 4.90 Å². The fraction of sp³-hybridized carbons (Fsp3) is 0.462. The predicted octanol–water partition coefficient (Wildman–Crippen LogP) is 1.19. The Hall–Kier alpha value is -2.35. The van der Waals surface area contributed by atoms with Crippen LogP contribution in [0.5, 0.6) is 5.75 Å². The van der Waals surface area contributed by atoms with E-state index >= 15 is 0 Å². The molecule has 1 aromatic carbocycles. The molecule has 0 saturated carbocycles. The molecule has 1 heterocycles. The number of carbonyl (C=O) groups is 1. The number of nitro benzene ring substituents is 1. The highest BCUT2D eigenvalue weighted by Crippen LogP contribution is 2.32. The minimum Gasteiger partial charge on any atom is -0.403 e. The molecule has 1 amide bonds. The van der Waals surface area contributed by atoms with Gasteiger partial charge in [0.25, 0.3) is 0 Å². The van der Waals surface area contributed by atoms with Crippen molar-refractivity contribution in [2.24, 2.45) is 5.73 Å². The molecule has 1 aliphatic rings. The molecule has 0 radical (unpaired) electrons. The number of anilines is 1. The number of piperazine rings is 1. The van der Waals surface area contributed by atoms with Gasteiger partial charge in [-0.15, -0.1) is 0 Å². The molecule has 0 aliphatic carbocycles. The first-order chi connectivity index (χ1) is 10.0. The summed E-state index contributed by atoms with van der Waals surface area (Å²) in [5.74, 6) is -0.136. The first-order valence-electron chi connectivity index (χ1n) is 6.74. The molecule has 0 bridgehead atoms. The lowest BCUT2D eigenvalue weighted by atomic mass is 10.2. The van der Waals surface area contributed by atoms with Crippen LogP contribution in [-0.4, -0.2) is 48.6 Å². The molecule has 0 aromatic heterocycles. The van der Waals surface area contributed by atoms with Gasteiger partial charge in [-0.3, -0.25) is 10.1 Å². The van der Waals surface area contributed by atoms with Crippen molar-refractivity contribution in [3.63, 3.8) is 0 Å². The summed E-state index contributed by atoms with van der Waals surface area (Å²) in [6.45, 7) is 6.56. The molecule has 1 aliphatic heterocycles. The number of likely N-dealkylation sites (N-methyl/N-ethyl adjacent to an activating group) is 1. The van der Waals surface area contributed by atoms with E-state index in [9.17, 15) is 14.9 Å². The number of nitrogens with zero attached hydrogens (tertiary/aromatic N) is 3. The van der Waals surface area contributed by atoms with Crippen LogP contribution in [0.4, 0.5) is 16.2 Å². The van der Waals surface area contributed by atoms with Crippen molar-refractivity contribution in [1.29, 1.82) is 0 Å². The lowest BCUT2D eigenvalue weighted by Crippen LogP contribution is -2.46. The number of primary amides is 1. The minimum absolute atomic E-state index is 0.136. The second-order valence-electron chi connectivity index (χ2n) is 4.75. The SMILES string of the molecule is CCN1CCN(c2ccc(OC(N)=O)c([N+](=O)[O-])c2)CC1. The summed E-state index contributed by atoms with van der Waals surface area (Å²) in [5, 5.41) is 11.1. The Bertz CT molecular complexity index is 541. The molecule has 1 saturated heterocycles. The van der Waals surface area contributed by atoms with Crippen molar-refractivity contribution in [2.75, 3.05) is 37.6 Å². The van der Waals surface area contributed by atoms with Gasteiger partial charge >= 0.3 is 11.8 Å². The lowest BCUT2D eigenvalue weighted by molar-refractivity contribution is -0.385. The number of hydrogen-bond acceptors (Lipinski definition) is 6. The minimum atomic E-state index is -1.07. The summed E-state index contributed by atoms with van der Waals surface area (Å²) < 4.78 is 4.65. The number of ether oxygens (including phenoxy) is 1. The van der Waals surface area contributed by atoms with Crippen molar-refractivity contribution in [2.45, 2.75) is 6.92 Å². The molecule has 8 heteroatoms. The Kier molecular flexibility index (Phi) is 4.59. The third-order valence-corrected chi connectivity index (χ3v) is 3.53. The number of amides is 1. The van der Waals surface area contributed by atoms with E-state index in [2.05, 4.69) is 21.5 Å². The van der Waals surface area contributed by atoms with E-state index in [1.807, 2.05) is 0 Å². The maximum Gasteiger partial charge on any atom is 0.410 e. The highest BCUT2D eigenvalue weighted by molar-refractivity contribution is 5.71. The van der Waals surface area contributed by atoms with Gasteiger partial charge in [0.2, 0.25) is 5.75 Å². The highest BCUT2D eigenvalue weighted by Gasteiger charge is 2.22. The van der Waals surface area contributed by atoms with E-state index < -0.39 is 11.0 Å². The molecule has 8 nitrogen and oxygen atoms in total. The van der Waals surface area contributed by atoms with Gasteiger partial charge in [0.05, 0.1) is 4.92 Å². The van der Waals surface area contributed by atoms with Crippen LogP contribution >= 0.6 is 0 Å². The molecule has 2 rings (SSSR count). The maximum atomic E-state index is 11.1. The molecule has 21 heavy (non-hydrogen) atoms. The number of benzene rings is 1. The predicted molar refractivity (Wildman–Crippen MR) is 77.6 cm³/mol. The van der Waals surface area contributed by atoms with Gasteiger partial charge in [-0.05, 0) is 18.7 Å². The van der Waals surface area contributed by atoms with Crippen LogP contribution in [-0.2, 0) is 0 Å². The van der Waals surface area contributed by atoms with Crippen LogP contribution in [0.15, 0.2) is 18.2 Å². The molecule has 0 spiro atoms. The van der Waals surface area contributed by atoms with Gasteiger partial charge in [0.1, 0.15) is 0 Å². The van der Waals surface area contributed by atoms with Crippen molar-refractivity contribution < 1.29 is 14.5 Å². The van der Waals surface area contributed by atoms with E-state index in [1.165, 1.54) is 12.1 Å². The fourth-order valence-electron chi connectivity index (χ4n) is 2.36. The number of carbonyl (C=O) groups excluding carboxylic acids is 1. The Balaban J connectivity index is 2.20. The fourth-order valence-corrected chi connectivity index (χ4v) is 2.36. The quantitative estimate of drug-likeness (QED) is 0.661. The average molecular weight is 294 g/mol. The summed E-state index contributed by atoms with van der Waals surface area (Å²) in [6, 6.07) is 4.52. The summed E-state index contributed by atoms with van der Waals surface area (Å²) in [7, 11) is 0. The molecule has 114 valence electrons. The van der Waals surface area contributed by atoms with Gasteiger partial charge in [-0.1, -0.05) is 6.92 Å². The van der Waals surface area contributed by atoms with Crippen LogP contribution in [0.2, 0.25) is 0 Å². The Labute approximate surface area is 122 Å². The van der Waals surface area contributed by atoms with Crippen LogP contribution in [0.3, 0.4) is 0 Å². The van der Waals surface area contributed by atoms with Gasteiger partial charge in [-0.2, -0.15) is 0 Å². The summed E-state index contributed by atoms with van der Waals surface area (Å²) in [6.07, 6.45) is -1.07. The van der Waals surface area contributed by atoms with Crippen LogP contribution in [0.1, 0.15) is 6.92 Å². The average Bonchev–Trinajstić information content (AvgIpc) is 2.47. The largest absolute Gasteiger partial charge is 0.410 e. The van der Waals surface area contributed by atoms with Crippen molar-refractivity contribution in [3.8, 4) is 5.75 Å². The van der Waals surface area contributed by atoms with Gasteiger partial charge in [0, 0.05) is 37.9 Å². The smallest absolute Gasteiger partial charge is 0.403 e. The summed E-state index contributed by atoms with van der Waals surface area (Å²) in [5.41, 5.74) is 5.39. The molecule has 2 N–H and O–H groups in total. The topological polar surface area (TPSA) is 102 Å². The number of rotatable bonds is 4. The zero-order valence-electron chi connectivity index (χ0n) is 11.8. The van der Waals surface area contributed by atoms with Gasteiger partial charge in [-0.25, -0.2) is 4.79 Å². The molecular weight excluding hydrogens is 276 g/mol. The van der Waals surface area contributed by atoms with Crippen LogP contribution in [0.25, 0.3) is 0 Å². The molecule has 1 aromatic rings. The van der Waals surface area contributed by atoms with Gasteiger partial charge < -0.3 is 20.3 Å². The zero-order valence-corrected chi connectivity index (χ0v) is 11.8. The summed E-state index contributed by atoms with van der Waals surface area (Å²) >= 11 is 0. The second-order valence-corrected chi connectivity index (χ2v) is 4.75. The third-order valence-electron chi connectivity index (χ3n) is 3.53. The normalized spacial score (nSPS) is 15.8. The monoisotopic (exact) mass is 294 g/mol. The first kappa shape index (κ1) is 15.0. The Morgan fingerprint density at radius 3 is 2.57 bits per heavy atom.